The highest BCUT2D eigenvalue weighted by atomic mass is 16.5. The number of pyridine rings is 1. The summed E-state index contributed by atoms with van der Waals surface area (Å²) in [6, 6.07) is 20.4. The molecule has 164 valence electrons. The van der Waals surface area contributed by atoms with Gasteiger partial charge >= 0.3 is 5.97 Å². The fourth-order valence-corrected chi connectivity index (χ4v) is 3.46. The van der Waals surface area contributed by atoms with Crippen LogP contribution in [0.25, 0.3) is 11.3 Å². The number of benzene rings is 2. The Morgan fingerprint density at radius 3 is 2.73 bits per heavy atom. The van der Waals surface area contributed by atoms with E-state index in [2.05, 4.69) is 15.3 Å². The lowest BCUT2D eigenvalue weighted by atomic mass is 10.2. The van der Waals surface area contributed by atoms with Gasteiger partial charge in [0, 0.05) is 12.4 Å². The van der Waals surface area contributed by atoms with E-state index in [0.29, 0.717) is 23.6 Å². The summed E-state index contributed by atoms with van der Waals surface area (Å²) in [5, 5.41) is 8.00. The molecule has 5 aromatic rings. The summed E-state index contributed by atoms with van der Waals surface area (Å²) < 4.78 is 15.0. The second-order valence-electron chi connectivity index (χ2n) is 7.57. The van der Waals surface area contributed by atoms with Gasteiger partial charge in [-0.1, -0.05) is 35.5 Å². The minimum atomic E-state index is -0.454. The number of hydrogen-bond donors (Lipinski definition) is 0. The zero-order chi connectivity index (χ0) is 22.6. The van der Waals surface area contributed by atoms with Crippen molar-refractivity contribution in [2.45, 2.75) is 20.1 Å². The Bertz CT molecular complexity index is 1410. The number of ether oxygens (including phenoxy) is 2. The highest BCUT2D eigenvalue weighted by Gasteiger charge is 2.12. The fraction of sp³-hybridized carbons (Fsp3) is 0.120. The smallest absolute Gasteiger partial charge is 0.338 e. The summed E-state index contributed by atoms with van der Waals surface area (Å²) in [6.07, 6.45) is 5.53. The predicted molar refractivity (Wildman–Crippen MR) is 121 cm³/mol. The highest BCUT2D eigenvalue weighted by Crippen LogP contribution is 2.17. The number of imidazole rings is 1. The molecule has 33 heavy (non-hydrogen) atoms. The molecule has 0 atom stereocenters. The Labute approximate surface area is 190 Å². The third-order valence-electron chi connectivity index (χ3n) is 5.08. The average molecular weight is 439 g/mol. The van der Waals surface area contributed by atoms with Gasteiger partial charge in [0.1, 0.15) is 30.3 Å². The minimum absolute atomic E-state index is 0.0481. The molecule has 0 aliphatic heterocycles. The number of hydrogen-bond acceptors (Lipinski definition) is 6. The molecule has 3 aromatic heterocycles. The molecule has 2 aromatic carbocycles. The molecule has 5 rings (SSSR count). The van der Waals surface area contributed by atoms with Gasteiger partial charge in [-0.3, -0.25) is 0 Å². The molecule has 3 heterocycles. The maximum Gasteiger partial charge on any atom is 0.338 e. The van der Waals surface area contributed by atoms with Crippen molar-refractivity contribution in [3.63, 3.8) is 0 Å². The van der Waals surface area contributed by atoms with Crippen LogP contribution >= 0.6 is 0 Å². The number of para-hydroxylation sites is 1. The maximum absolute atomic E-state index is 12.6. The Morgan fingerprint density at radius 2 is 1.85 bits per heavy atom. The van der Waals surface area contributed by atoms with E-state index in [9.17, 15) is 4.79 Å². The first-order valence-corrected chi connectivity index (χ1v) is 10.4. The zero-order valence-electron chi connectivity index (χ0n) is 18.0. The van der Waals surface area contributed by atoms with E-state index in [-0.39, 0.29) is 6.61 Å². The van der Waals surface area contributed by atoms with E-state index in [1.165, 1.54) is 0 Å². The number of esters is 1. The van der Waals surface area contributed by atoms with Crippen molar-refractivity contribution in [1.82, 2.24) is 24.4 Å². The molecule has 0 spiro atoms. The van der Waals surface area contributed by atoms with Crippen molar-refractivity contribution in [2.75, 3.05) is 0 Å². The van der Waals surface area contributed by atoms with Crippen LogP contribution in [0.15, 0.2) is 85.3 Å². The van der Waals surface area contributed by atoms with Gasteiger partial charge < -0.3 is 13.9 Å². The fourth-order valence-electron chi connectivity index (χ4n) is 3.46. The molecule has 0 fully saturated rings. The van der Waals surface area contributed by atoms with Crippen molar-refractivity contribution in [3.8, 4) is 11.4 Å². The van der Waals surface area contributed by atoms with Crippen molar-refractivity contribution < 1.29 is 14.3 Å². The third-order valence-corrected chi connectivity index (χ3v) is 5.08. The van der Waals surface area contributed by atoms with Gasteiger partial charge in [-0.15, -0.1) is 5.10 Å². The Kier molecular flexibility index (Phi) is 5.55. The van der Waals surface area contributed by atoms with Crippen LogP contribution in [0.1, 0.15) is 27.3 Å². The molecule has 0 aliphatic rings. The quantitative estimate of drug-likeness (QED) is 0.354. The topological polar surface area (TPSA) is 83.5 Å². The van der Waals surface area contributed by atoms with E-state index >= 15 is 0 Å². The Hall–Kier alpha value is -4.46. The number of carbonyl (C=O) groups is 1. The molecule has 0 bridgehead atoms. The molecule has 0 saturated carbocycles. The lowest BCUT2D eigenvalue weighted by molar-refractivity contribution is 0.0464. The molecule has 8 heteroatoms. The summed E-state index contributed by atoms with van der Waals surface area (Å²) in [5.74, 6) is 0.109. The van der Waals surface area contributed by atoms with Crippen LogP contribution in [-0.2, 0) is 18.0 Å². The lowest BCUT2D eigenvalue weighted by Gasteiger charge is -2.09. The Balaban J connectivity index is 1.23. The van der Waals surface area contributed by atoms with Crippen molar-refractivity contribution in [2.24, 2.45) is 0 Å². The van der Waals surface area contributed by atoms with Crippen molar-refractivity contribution >= 4 is 11.6 Å². The van der Waals surface area contributed by atoms with Gasteiger partial charge in [-0.25, -0.2) is 14.5 Å². The van der Waals surface area contributed by atoms with Crippen LogP contribution in [0.3, 0.4) is 0 Å². The first-order chi connectivity index (χ1) is 16.2. The van der Waals surface area contributed by atoms with E-state index in [1.54, 1.807) is 35.1 Å². The van der Waals surface area contributed by atoms with E-state index < -0.39 is 5.97 Å². The monoisotopic (exact) mass is 439 g/mol. The molecule has 0 radical (unpaired) electrons. The number of fused-ring (bicyclic) bond motifs is 1. The van der Waals surface area contributed by atoms with Gasteiger partial charge in [0.15, 0.2) is 0 Å². The molecule has 0 amide bonds. The highest BCUT2D eigenvalue weighted by molar-refractivity contribution is 5.89. The van der Waals surface area contributed by atoms with E-state index in [4.69, 9.17) is 9.47 Å². The normalized spacial score (nSPS) is 10.9. The Morgan fingerprint density at radius 1 is 0.970 bits per heavy atom. The van der Waals surface area contributed by atoms with Crippen LogP contribution < -0.4 is 4.74 Å². The average Bonchev–Trinajstić information content (AvgIpc) is 3.48. The van der Waals surface area contributed by atoms with Gasteiger partial charge in [-0.05, 0) is 48.9 Å². The maximum atomic E-state index is 12.6. The summed E-state index contributed by atoms with van der Waals surface area (Å²) in [6.45, 7) is 2.37. The number of carbonyl (C=O) groups excluding carboxylic acids is 1. The van der Waals surface area contributed by atoms with Gasteiger partial charge in [-0.2, -0.15) is 0 Å². The van der Waals surface area contributed by atoms with Crippen LogP contribution in [0.5, 0.6) is 5.75 Å². The van der Waals surface area contributed by atoms with Crippen molar-refractivity contribution in [1.29, 1.82) is 0 Å². The largest absolute Gasteiger partial charge is 0.487 e. The number of aryl methyl sites for hydroxylation is 1. The predicted octanol–water partition coefficient (Wildman–Crippen LogP) is 4.16. The summed E-state index contributed by atoms with van der Waals surface area (Å²) in [5.41, 5.74) is 4.73. The molecule has 0 saturated heterocycles. The SMILES string of the molecule is Cc1ccc2nc(COc3cccc(C(=O)OCc4cnnn4-c4ccccc4)c3)cn2c1. The molecule has 0 N–H and O–H groups in total. The van der Waals surface area contributed by atoms with Gasteiger partial charge in [0.25, 0.3) is 0 Å². The van der Waals surface area contributed by atoms with Crippen LogP contribution in [0.2, 0.25) is 0 Å². The summed E-state index contributed by atoms with van der Waals surface area (Å²) in [4.78, 5) is 17.2. The molecule has 0 unspecified atom stereocenters. The van der Waals surface area contributed by atoms with Crippen molar-refractivity contribution in [3.05, 3.63) is 108 Å². The van der Waals surface area contributed by atoms with Crippen LogP contribution in [0, 0.1) is 6.92 Å². The molecular weight excluding hydrogens is 418 g/mol. The zero-order valence-corrected chi connectivity index (χ0v) is 18.0. The second-order valence-corrected chi connectivity index (χ2v) is 7.57. The summed E-state index contributed by atoms with van der Waals surface area (Å²) in [7, 11) is 0. The van der Waals surface area contributed by atoms with E-state index in [1.807, 2.05) is 66.2 Å². The number of rotatable bonds is 7. The minimum Gasteiger partial charge on any atom is -0.487 e. The van der Waals surface area contributed by atoms with Gasteiger partial charge in [0.2, 0.25) is 0 Å². The van der Waals surface area contributed by atoms with Gasteiger partial charge in [0.05, 0.1) is 23.1 Å². The molecular formula is C25H21N5O3. The number of aromatic nitrogens is 5. The summed E-state index contributed by atoms with van der Waals surface area (Å²) >= 11 is 0. The first kappa shape index (κ1) is 20.4. The standard InChI is InChI=1S/C25H21N5O3/c1-18-10-11-24-27-20(15-29(24)14-18)16-32-23-9-5-6-19(12-23)25(31)33-17-22-13-26-28-30(22)21-7-3-2-4-8-21/h2-15H,16-17H2,1H3. The van der Waals surface area contributed by atoms with E-state index in [0.717, 1.165) is 22.6 Å². The molecule has 8 nitrogen and oxygen atoms in total. The molecule has 0 aliphatic carbocycles. The van der Waals surface area contributed by atoms with Crippen LogP contribution in [0.4, 0.5) is 0 Å². The van der Waals surface area contributed by atoms with Crippen LogP contribution in [-0.4, -0.2) is 30.3 Å². The first-order valence-electron chi connectivity index (χ1n) is 10.4. The number of nitrogens with zero attached hydrogens (tertiary/aromatic N) is 5. The lowest BCUT2D eigenvalue weighted by Crippen LogP contribution is -2.09. The third kappa shape index (κ3) is 4.59. The second kappa shape index (κ2) is 8.96.